The maximum absolute atomic E-state index is 14.1. The smallest absolute Gasteiger partial charge is 0.271 e. The first-order valence-corrected chi connectivity index (χ1v) is 16.4. The van der Waals surface area contributed by atoms with Gasteiger partial charge in [-0.1, -0.05) is 42.5 Å². The molecule has 0 saturated heterocycles. The topological polar surface area (TPSA) is 149 Å². The van der Waals surface area contributed by atoms with Gasteiger partial charge >= 0.3 is 0 Å². The van der Waals surface area contributed by atoms with E-state index in [1.54, 1.807) is 79.7 Å². The van der Waals surface area contributed by atoms with Gasteiger partial charge in [0, 0.05) is 37.5 Å². The highest BCUT2D eigenvalue weighted by atomic mass is 32.2. The number of hydrogen-bond donors (Lipinski definition) is 2. The van der Waals surface area contributed by atoms with Gasteiger partial charge < -0.3 is 15.0 Å². The van der Waals surface area contributed by atoms with E-state index in [0.29, 0.717) is 46.0 Å². The van der Waals surface area contributed by atoms with Crippen molar-refractivity contribution in [2.24, 2.45) is 13.0 Å². The number of aromatic amines is 1. The van der Waals surface area contributed by atoms with Gasteiger partial charge in [0.05, 0.1) is 22.2 Å². The van der Waals surface area contributed by atoms with E-state index in [9.17, 15) is 28.4 Å². The minimum atomic E-state index is -4.55. The maximum Gasteiger partial charge on any atom is 0.271 e. The van der Waals surface area contributed by atoms with Crippen LogP contribution in [-0.2, 0) is 16.9 Å². The molecule has 1 aliphatic rings. The lowest BCUT2D eigenvalue weighted by Crippen LogP contribution is -2.24. The van der Waals surface area contributed by atoms with Crippen LogP contribution in [0.3, 0.4) is 0 Å². The zero-order valence-corrected chi connectivity index (χ0v) is 26.1. The van der Waals surface area contributed by atoms with Gasteiger partial charge in [-0.05, 0) is 73.2 Å². The van der Waals surface area contributed by atoms with Crippen molar-refractivity contribution in [3.8, 4) is 34.3 Å². The number of nitrogens with zero attached hydrogens (tertiary/aromatic N) is 4. The van der Waals surface area contributed by atoms with Crippen molar-refractivity contribution in [3.63, 3.8) is 0 Å². The average Bonchev–Trinajstić information content (AvgIpc) is 3.77. The van der Waals surface area contributed by atoms with E-state index < -0.39 is 26.0 Å². The van der Waals surface area contributed by atoms with Crippen LogP contribution in [-0.4, -0.2) is 40.6 Å². The lowest BCUT2D eigenvalue weighted by Gasteiger charge is -2.27. The molecule has 2 heterocycles. The van der Waals surface area contributed by atoms with E-state index in [1.165, 1.54) is 16.8 Å². The van der Waals surface area contributed by atoms with Gasteiger partial charge in [-0.15, -0.1) is 0 Å². The molecule has 3 aromatic carbocycles. The number of rotatable bonds is 10. The van der Waals surface area contributed by atoms with E-state index in [-0.39, 0.29) is 28.6 Å². The fourth-order valence-electron chi connectivity index (χ4n) is 5.63. The number of pyridine rings is 1. The van der Waals surface area contributed by atoms with Crippen molar-refractivity contribution in [2.75, 3.05) is 11.4 Å². The number of ketones is 1. The lowest BCUT2D eigenvalue weighted by molar-refractivity contribution is 0.0976. The number of hydrogen-bond acceptors (Lipinski definition) is 8. The Morgan fingerprint density at radius 3 is 2.48 bits per heavy atom. The summed E-state index contributed by atoms with van der Waals surface area (Å²) in [5.41, 5.74) is 2.23. The second kappa shape index (κ2) is 12.1. The number of aromatic hydroxyl groups is 1. The van der Waals surface area contributed by atoms with E-state index in [1.807, 2.05) is 12.1 Å². The number of H-pyrrole nitrogens is 1. The van der Waals surface area contributed by atoms with Crippen LogP contribution in [0.5, 0.6) is 5.75 Å². The highest BCUT2D eigenvalue weighted by molar-refractivity contribution is 7.91. The molecule has 0 atom stereocenters. The molecule has 2 aromatic heterocycles. The molecule has 5 aromatic rings. The summed E-state index contributed by atoms with van der Waals surface area (Å²) in [6, 6.07) is 23.5. The molecule has 2 N–H and O–H groups in total. The number of aryl methyl sites for hydroxylation is 1. The summed E-state index contributed by atoms with van der Waals surface area (Å²) in [4.78, 5) is 29.8. The Bertz CT molecular complexity index is 2170. The maximum atomic E-state index is 14.1. The van der Waals surface area contributed by atoms with Crippen LogP contribution in [0, 0.1) is 17.2 Å². The minimum absolute atomic E-state index is 0.0224. The Balaban J connectivity index is 1.46. The summed E-state index contributed by atoms with van der Waals surface area (Å²) in [6.45, 7) is 2.05. The molecule has 6 rings (SSSR count). The van der Waals surface area contributed by atoms with E-state index >= 15 is 0 Å². The van der Waals surface area contributed by atoms with E-state index in [0.717, 1.165) is 12.8 Å². The van der Waals surface area contributed by atoms with Gasteiger partial charge in [-0.2, -0.15) is 10.4 Å². The Kier molecular flexibility index (Phi) is 8.06. The molecule has 232 valence electrons. The van der Waals surface area contributed by atoms with Crippen molar-refractivity contribution in [3.05, 3.63) is 107 Å². The summed E-state index contributed by atoms with van der Waals surface area (Å²) in [7, 11) is -2.86. The first-order valence-electron chi connectivity index (χ1n) is 14.9. The Labute approximate surface area is 266 Å². The SMILES string of the molecule is CCN(c1cccc(C#N)c1)c1c(-c2ccn(C)n2)[nH]c(=O)c(S(=O)(=O)c2ccc(-c3ccccc3C(=O)CC3CC3)cc2)c1O. The number of Topliss-reactive ketones (excluding diaryl/α,β-unsaturated/α-hetero) is 1. The number of carbonyl (C=O) groups excluding carboxylic acids is 1. The van der Waals surface area contributed by atoms with Crippen LogP contribution in [0.2, 0.25) is 0 Å². The standard InChI is InChI=1S/C35H31N5O5S/c1-3-40(25-8-6-7-23(19-25)21-36)32-31(29-17-18-39(2)38-29)37-35(43)34(33(32)42)46(44,45)26-15-13-24(14-16-26)27-9-4-5-10-28(27)30(41)20-22-11-12-22/h4-10,13-19,22H,3,11-12,20H2,1-2H3,(H2,37,42,43). The number of aromatic nitrogens is 3. The summed E-state index contributed by atoms with van der Waals surface area (Å²) in [5.74, 6) is -0.270. The van der Waals surface area contributed by atoms with Crippen molar-refractivity contribution in [2.45, 2.75) is 36.0 Å². The molecule has 0 bridgehead atoms. The number of anilines is 2. The van der Waals surface area contributed by atoms with Gasteiger partial charge in [0.2, 0.25) is 9.84 Å². The van der Waals surface area contributed by atoms with Gasteiger partial charge in [0.15, 0.2) is 16.4 Å². The van der Waals surface area contributed by atoms with Gasteiger partial charge in [0.1, 0.15) is 11.4 Å². The Hall–Kier alpha value is -5.47. The van der Waals surface area contributed by atoms with Gasteiger partial charge in [0.25, 0.3) is 5.56 Å². The number of nitriles is 1. The van der Waals surface area contributed by atoms with Crippen LogP contribution < -0.4 is 10.5 Å². The fourth-order valence-corrected chi connectivity index (χ4v) is 7.00. The second-order valence-corrected chi connectivity index (χ2v) is 13.2. The molecule has 46 heavy (non-hydrogen) atoms. The van der Waals surface area contributed by atoms with Crippen LogP contribution in [0.4, 0.5) is 11.4 Å². The number of nitrogens with one attached hydrogen (secondary N) is 1. The zero-order valence-electron chi connectivity index (χ0n) is 25.3. The third-order valence-electron chi connectivity index (χ3n) is 8.11. The third kappa shape index (κ3) is 5.71. The zero-order chi connectivity index (χ0) is 32.6. The molecule has 0 aliphatic heterocycles. The number of benzene rings is 3. The van der Waals surface area contributed by atoms with E-state index in [2.05, 4.69) is 16.2 Å². The molecule has 10 nitrogen and oxygen atoms in total. The molecule has 0 amide bonds. The predicted octanol–water partition coefficient (Wildman–Crippen LogP) is 5.99. The fraction of sp³-hybridized carbons (Fsp3) is 0.200. The first kappa shape index (κ1) is 30.6. The van der Waals surface area contributed by atoms with Crippen molar-refractivity contribution in [1.29, 1.82) is 5.26 Å². The van der Waals surface area contributed by atoms with Crippen LogP contribution >= 0.6 is 0 Å². The summed E-state index contributed by atoms with van der Waals surface area (Å²) in [5, 5.41) is 25.6. The highest BCUT2D eigenvalue weighted by Gasteiger charge is 2.33. The minimum Gasteiger partial charge on any atom is -0.504 e. The number of sulfone groups is 1. The molecular weight excluding hydrogens is 602 g/mol. The first-order chi connectivity index (χ1) is 22.1. The summed E-state index contributed by atoms with van der Waals surface area (Å²) in [6.07, 6.45) is 4.25. The van der Waals surface area contributed by atoms with Crippen LogP contribution in [0.1, 0.15) is 42.1 Å². The van der Waals surface area contributed by atoms with Gasteiger partial charge in [-0.3, -0.25) is 14.3 Å². The van der Waals surface area contributed by atoms with Gasteiger partial charge in [-0.25, -0.2) is 8.42 Å². The summed E-state index contributed by atoms with van der Waals surface area (Å²) >= 11 is 0. The van der Waals surface area contributed by atoms with Crippen molar-refractivity contribution in [1.82, 2.24) is 14.8 Å². The quantitative estimate of drug-likeness (QED) is 0.178. The molecule has 0 spiro atoms. The molecule has 1 aliphatic carbocycles. The molecule has 1 fully saturated rings. The molecule has 1 saturated carbocycles. The number of carbonyl (C=O) groups is 1. The highest BCUT2D eigenvalue weighted by Crippen LogP contribution is 2.43. The molecule has 11 heteroatoms. The molecule has 0 radical (unpaired) electrons. The van der Waals surface area contributed by atoms with Crippen LogP contribution in [0.15, 0.2) is 99.6 Å². The van der Waals surface area contributed by atoms with E-state index in [4.69, 9.17) is 0 Å². The lowest BCUT2D eigenvalue weighted by atomic mass is 9.95. The second-order valence-electron chi connectivity index (χ2n) is 11.3. The molecular formula is C35H31N5O5S. The normalized spacial score (nSPS) is 12.9. The Morgan fingerprint density at radius 2 is 1.83 bits per heavy atom. The largest absolute Gasteiger partial charge is 0.504 e. The van der Waals surface area contributed by atoms with Crippen LogP contribution in [0.25, 0.3) is 22.5 Å². The van der Waals surface area contributed by atoms with Crippen molar-refractivity contribution >= 4 is 27.0 Å². The molecule has 0 unspecified atom stereocenters. The Morgan fingerprint density at radius 1 is 1.09 bits per heavy atom. The summed E-state index contributed by atoms with van der Waals surface area (Å²) < 4.78 is 29.6. The predicted molar refractivity (Wildman–Crippen MR) is 174 cm³/mol. The third-order valence-corrected chi connectivity index (χ3v) is 9.92. The average molecular weight is 634 g/mol. The van der Waals surface area contributed by atoms with Crippen molar-refractivity contribution < 1.29 is 18.3 Å². The monoisotopic (exact) mass is 633 g/mol.